The van der Waals surface area contributed by atoms with Gasteiger partial charge >= 0.3 is 12.0 Å². The van der Waals surface area contributed by atoms with E-state index in [1.807, 2.05) is 23.6 Å². The van der Waals surface area contributed by atoms with E-state index in [0.29, 0.717) is 23.5 Å². The molecule has 2 aromatic carbocycles. The second-order valence-corrected chi connectivity index (χ2v) is 12.4. The van der Waals surface area contributed by atoms with Crippen molar-refractivity contribution in [2.45, 2.75) is 78.0 Å². The van der Waals surface area contributed by atoms with Crippen LogP contribution in [-0.2, 0) is 33.4 Å². The number of amides is 5. The Labute approximate surface area is 285 Å². The highest BCUT2D eigenvalue weighted by molar-refractivity contribution is 6.04. The number of hydrazone groups is 1. The van der Waals surface area contributed by atoms with Crippen molar-refractivity contribution in [3.63, 3.8) is 0 Å². The topological polar surface area (TPSA) is 217 Å². The number of aldehydes is 1. The maximum absolute atomic E-state index is 13.6. The highest BCUT2D eigenvalue weighted by atomic mass is 16.5. The van der Waals surface area contributed by atoms with Gasteiger partial charge < -0.3 is 40.7 Å². The van der Waals surface area contributed by atoms with E-state index in [4.69, 9.17) is 19.9 Å². The summed E-state index contributed by atoms with van der Waals surface area (Å²) in [6.45, 7) is 8.74. The molecule has 15 heteroatoms. The zero-order valence-electron chi connectivity index (χ0n) is 28.6. The van der Waals surface area contributed by atoms with Crippen molar-refractivity contribution < 1.29 is 43.0 Å². The molecule has 5 amide bonds. The molecule has 266 valence electrons. The maximum Gasteiger partial charge on any atom is 0.332 e. The molecule has 0 heterocycles. The lowest BCUT2D eigenvalue weighted by atomic mass is 9.94. The quantitative estimate of drug-likeness (QED) is 0.0412. The van der Waals surface area contributed by atoms with Crippen molar-refractivity contribution >= 4 is 47.6 Å². The Morgan fingerprint density at radius 3 is 2.16 bits per heavy atom. The molecule has 0 bridgehead atoms. The molecule has 0 saturated carbocycles. The number of nitrogens with zero attached hydrogens (tertiary/aromatic N) is 1. The van der Waals surface area contributed by atoms with E-state index in [1.165, 1.54) is 7.11 Å². The van der Waals surface area contributed by atoms with E-state index < -0.39 is 53.3 Å². The first-order chi connectivity index (χ1) is 23.1. The average molecular weight is 683 g/mol. The molecule has 15 nitrogen and oxygen atoms in total. The first kappa shape index (κ1) is 39.7. The van der Waals surface area contributed by atoms with Crippen molar-refractivity contribution in [2.75, 3.05) is 12.4 Å². The number of primary amides is 1. The summed E-state index contributed by atoms with van der Waals surface area (Å²) in [6.07, 6.45) is -0.0871. The first-order valence-electron chi connectivity index (χ1n) is 15.7. The van der Waals surface area contributed by atoms with E-state index >= 15 is 0 Å². The highest BCUT2D eigenvalue weighted by Crippen LogP contribution is 2.24. The number of carbonyl (C=O) groups is 6. The Balaban J connectivity index is 2.25. The fourth-order valence-corrected chi connectivity index (χ4v) is 4.39. The number of esters is 1. The summed E-state index contributed by atoms with van der Waals surface area (Å²) in [6, 6.07) is 12.2. The monoisotopic (exact) mass is 682 g/mol. The molecule has 0 aliphatic carbocycles. The van der Waals surface area contributed by atoms with E-state index in [2.05, 4.69) is 21.1 Å². The predicted molar refractivity (Wildman–Crippen MR) is 181 cm³/mol. The van der Waals surface area contributed by atoms with Gasteiger partial charge in [-0.25, -0.2) is 10.2 Å². The van der Waals surface area contributed by atoms with Crippen LogP contribution in [0.3, 0.4) is 0 Å². The number of carbonyl (C=O) groups excluding carboxylic acids is 6. The van der Waals surface area contributed by atoms with E-state index in [9.17, 15) is 28.8 Å². The molecule has 0 aliphatic heterocycles. The summed E-state index contributed by atoms with van der Waals surface area (Å²) in [5, 5.41) is 11.6. The predicted octanol–water partition coefficient (Wildman–Crippen LogP) is 3.39. The van der Waals surface area contributed by atoms with Gasteiger partial charge in [-0.05, 0) is 63.8 Å². The Morgan fingerprint density at radius 2 is 1.57 bits per heavy atom. The van der Waals surface area contributed by atoms with Gasteiger partial charge in [-0.1, -0.05) is 38.1 Å². The van der Waals surface area contributed by atoms with Crippen LogP contribution in [0, 0.1) is 11.8 Å². The zero-order valence-corrected chi connectivity index (χ0v) is 28.6. The molecule has 3 atom stereocenters. The third-order valence-electron chi connectivity index (χ3n) is 6.52. The molecular weight excluding hydrogens is 636 g/mol. The van der Waals surface area contributed by atoms with E-state index in [1.54, 1.807) is 71.0 Å². The maximum atomic E-state index is 13.6. The molecule has 0 radical (unpaired) electrons. The number of nitrogens with two attached hydrogens (primary N) is 1. The van der Waals surface area contributed by atoms with Gasteiger partial charge in [0.25, 0.3) is 0 Å². The molecule has 0 fully saturated rings. The van der Waals surface area contributed by atoms with Gasteiger partial charge in [0.15, 0.2) is 0 Å². The van der Waals surface area contributed by atoms with Crippen molar-refractivity contribution in [1.82, 2.24) is 16.1 Å². The van der Waals surface area contributed by atoms with Crippen LogP contribution in [0.15, 0.2) is 59.7 Å². The normalized spacial score (nSPS) is 13.2. The van der Waals surface area contributed by atoms with Crippen LogP contribution < -0.4 is 31.8 Å². The molecule has 0 aromatic heterocycles. The summed E-state index contributed by atoms with van der Waals surface area (Å²) in [5.74, 6) is -3.36. The lowest BCUT2D eigenvalue weighted by Gasteiger charge is -2.25. The van der Waals surface area contributed by atoms with Gasteiger partial charge in [-0.3, -0.25) is 19.2 Å². The van der Waals surface area contributed by atoms with Crippen molar-refractivity contribution in [2.24, 2.45) is 22.7 Å². The molecule has 49 heavy (non-hydrogen) atoms. The standard InChI is InChI=1S/C34H46N6O9/c1-21(2)17-26(30(43)37-23(20-41)19-28(39-40-33(35)46)49-34(3,4)5)31(44)38-27(15-16-29(42)47-6)32(45)36-22-11-10-14-25(18-22)48-24-12-8-7-9-13-24/h7-14,18,20-21,23,26-27H,15-17,19H2,1-6H3,(H,36,45)(H,37,43)(H,38,44)(H3,35,40,46). The third-order valence-corrected chi connectivity index (χ3v) is 6.52. The molecule has 2 rings (SSSR count). The minimum atomic E-state index is -1.33. The lowest BCUT2D eigenvalue weighted by molar-refractivity contribution is -0.142. The van der Waals surface area contributed by atoms with Gasteiger partial charge in [0, 0.05) is 18.2 Å². The van der Waals surface area contributed by atoms with Crippen molar-refractivity contribution in [3.05, 3.63) is 54.6 Å². The van der Waals surface area contributed by atoms with Gasteiger partial charge in [-0.15, -0.1) is 5.10 Å². The number of rotatable bonds is 17. The van der Waals surface area contributed by atoms with Crippen LogP contribution in [0.25, 0.3) is 0 Å². The first-order valence-corrected chi connectivity index (χ1v) is 15.7. The van der Waals surface area contributed by atoms with E-state index in [0.717, 1.165) is 0 Å². The fourth-order valence-electron chi connectivity index (χ4n) is 4.39. The second-order valence-electron chi connectivity index (χ2n) is 12.4. The molecule has 0 saturated heterocycles. The minimum absolute atomic E-state index is 0.0656. The zero-order chi connectivity index (χ0) is 36.6. The van der Waals surface area contributed by atoms with Crippen LogP contribution in [-0.4, -0.2) is 66.7 Å². The van der Waals surface area contributed by atoms with Crippen LogP contribution in [0.5, 0.6) is 11.5 Å². The third kappa shape index (κ3) is 15.3. The lowest BCUT2D eigenvalue weighted by Crippen LogP contribution is -2.51. The summed E-state index contributed by atoms with van der Waals surface area (Å²) < 4.78 is 16.2. The van der Waals surface area contributed by atoms with Crippen LogP contribution in [0.2, 0.25) is 0 Å². The summed E-state index contributed by atoms with van der Waals surface area (Å²) >= 11 is 0. The Morgan fingerprint density at radius 1 is 0.918 bits per heavy atom. The number of urea groups is 1. The molecule has 0 spiro atoms. The second kappa shape index (κ2) is 19.4. The number of benzene rings is 2. The van der Waals surface area contributed by atoms with Crippen LogP contribution in [0.1, 0.15) is 60.3 Å². The number of hydrogen-bond donors (Lipinski definition) is 5. The molecule has 6 N–H and O–H groups in total. The summed E-state index contributed by atoms with van der Waals surface area (Å²) in [5.41, 5.74) is 6.72. The fraction of sp³-hybridized carbons (Fsp3) is 0.441. The van der Waals surface area contributed by atoms with Gasteiger partial charge in [0.05, 0.1) is 19.6 Å². The van der Waals surface area contributed by atoms with Gasteiger partial charge in [0.1, 0.15) is 35.3 Å². The van der Waals surface area contributed by atoms with Crippen LogP contribution >= 0.6 is 0 Å². The number of anilines is 1. The van der Waals surface area contributed by atoms with Crippen molar-refractivity contribution in [1.29, 1.82) is 0 Å². The SMILES string of the molecule is COC(=O)CCC(NC(=O)C(CC(C)C)C(=O)NC(C=O)CC(=NNC(N)=O)OC(C)(C)C)C(=O)Nc1cccc(Oc2ccccc2)c1. The Bertz CT molecular complexity index is 1470. The molecular formula is C34H46N6O9. The van der Waals surface area contributed by atoms with E-state index in [-0.39, 0.29) is 37.5 Å². The summed E-state index contributed by atoms with van der Waals surface area (Å²) in [4.78, 5) is 75.7. The number of nitrogens with one attached hydrogen (secondary N) is 4. The van der Waals surface area contributed by atoms with Crippen LogP contribution in [0.4, 0.5) is 10.5 Å². The molecule has 0 aliphatic rings. The largest absolute Gasteiger partial charge is 0.474 e. The number of para-hydroxylation sites is 1. The van der Waals surface area contributed by atoms with Crippen molar-refractivity contribution in [3.8, 4) is 11.5 Å². The molecule has 2 aromatic rings. The number of methoxy groups -OCH3 is 1. The van der Waals surface area contributed by atoms with Gasteiger partial charge in [-0.2, -0.15) is 0 Å². The number of hydrogen-bond acceptors (Lipinski definition) is 10. The Hall–Kier alpha value is -5.47. The average Bonchev–Trinajstić information content (AvgIpc) is 3.03. The smallest absolute Gasteiger partial charge is 0.332 e. The Kier molecular flexibility index (Phi) is 15.7. The summed E-state index contributed by atoms with van der Waals surface area (Å²) in [7, 11) is 1.20. The van der Waals surface area contributed by atoms with Gasteiger partial charge in [0.2, 0.25) is 23.6 Å². The molecule has 3 unspecified atom stereocenters. The highest BCUT2D eigenvalue weighted by Gasteiger charge is 2.33. The number of ether oxygens (including phenoxy) is 3. The minimum Gasteiger partial charge on any atom is -0.474 e.